The predicted molar refractivity (Wildman–Crippen MR) is 77.2 cm³/mol. The molecule has 0 saturated carbocycles. The quantitative estimate of drug-likeness (QED) is 0.564. The molecule has 0 aliphatic carbocycles. The second kappa shape index (κ2) is 4.71. The van der Waals surface area contributed by atoms with E-state index in [0.717, 1.165) is 10.8 Å². The van der Waals surface area contributed by atoms with Crippen molar-refractivity contribution in [3.8, 4) is 0 Å². The monoisotopic (exact) mass is 295 g/mol. The molecule has 0 aliphatic heterocycles. The number of nitrogens with zero attached hydrogens (tertiary/aromatic N) is 5. The molecule has 0 spiro atoms. The summed E-state index contributed by atoms with van der Waals surface area (Å²) in [6.45, 7) is 0. The average molecular weight is 295 g/mol. The van der Waals surface area contributed by atoms with Gasteiger partial charge >= 0.3 is 0 Å². The van der Waals surface area contributed by atoms with Crippen LogP contribution >= 0.6 is 0 Å². The van der Waals surface area contributed by atoms with Crippen molar-refractivity contribution in [2.45, 2.75) is 9.92 Å². The largest absolute Gasteiger partial charge is 0.247 e. The van der Waals surface area contributed by atoms with Gasteiger partial charge in [0.15, 0.2) is 5.03 Å². The minimum atomic E-state index is -1.39. The van der Waals surface area contributed by atoms with E-state index in [9.17, 15) is 4.21 Å². The van der Waals surface area contributed by atoms with Crippen LogP contribution in [0.3, 0.4) is 0 Å². The van der Waals surface area contributed by atoms with Crippen molar-refractivity contribution in [3.63, 3.8) is 0 Å². The Morgan fingerprint density at radius 1 is 0.905 bits per heavy atom. The lowest BCUT2D eigenvalue weighted by Gasteiger charge is -2.06. The van der Waals surface area contributed by atoms with Crippen molar-refractivity contribution in [3.05, 3.63) is 54.6 Å². The zero-order valence-electron chi connectivity index (χ0n) is 10.7. The number of fused-ring (bicyclic) bond motifs is 3. The van der Waals surface area contributed by atoms with Crippen LogP contribution < -0.4 is 0 Å². The number of hydrogen-bond acceptors (Lipinski definition) is 5. The Hall–Kier alpha value is -2.67. The molecule has 0 N–H and O–H groups in total. The molecule has 6 nitrogen and oxygen atoms in total. The third-order valence-electron chi connectivity index (χ3n) is 3.17. The summed E-state index contributed by atoms with van der Waals surface area (Å²) in [4.78, 5) is 0.697. The van der Waals surface area contributed by atoms with Crippen LogP contribution in [-0.4, -0.2) is 29.5 Å². The normalized spacial score (nSPS) is 12.8. The molecule has 0 saturated heterocycles. The van der Waals surface area contributed by atoms with Crippen LogP contribution in [0.5, 0.6) is 0 Å². The molecule has 7 heteroatoms. The van der Waals surface area contributed by atoms with E-state index in [1.165, 1.54) is 4.63 Å². The van der Waals surface area contributed by atoms with Gasteiger partial charge in [-0.05, 0) is 22.6 Å². The van der Waals surface area contributed by atoms with Crippen molar-refractivity contribution in [2.24, 2.45) is 0 Å². The molecule has 1 atom stereocenters. The van der Waals surface area contributed by atoms with E-state index in [0.29, 0.717) is 15.6 Å². The third-order valence-corrected chi connectivity index (χ3v) is 4.52. The van der Waals surface area contributed by atoms with Gasteiger partial charge in [0.2, 0.25) is 5.65 Å². The summed E-state index contributed by atoms with van der Waals surface area (Å²) in [6.07, 6.45) is 0. The van der Waals surface area contributed by atoms with Crippen LogP contribution in [0.25, 0.3) is 16.4 Å². The van der Waals surface area contributed by atoms with Gasteiger partial charge in [0.25, 0.3) is 0 Å². The summed E-state index contributed by atoms with van der Waals surface area (Å²) >= 11 is 0. The smallest absolute Gasteiger partial charge is 0.207 e. The average Bonchev–Trinajstić information content (AvgIpc) is 3.03. The van der Waals surface area contributed by atoms with Gasteiger partial charge in [-0.15, -0.1) is 14.8 Å². The Labute approximate surface area is 121 Å². The van der Waals surface area contributed by atoms with Crippen molar-refractivity contribution >= 4 is 27.2 Å². The zero-order chi connectivity index (χ0) is 14.2. The molecule has 21 heavy (non-hydrogen) atoms. The van der Waals surface area contributed by atoms with Gasteiger partial charge in [-0.3, -0.25) is 0 Å². The molecule has 0 fully saturated rings. The Morgan fingerprint density at radius 2 is 1.62 bits per heavy atom. The van der Waals surface area contributed by atoms with Gasteiger partial charge in [0.05, 0.1) is 0 Å². The van der Waals surface area contributed by atoms with Gasteiger partial charge in [-0.1, -0.05) is 42.5 Å². The van der Waals surface area contributed by atoms with E-state index in [1.807, 2.05) is 54.6 Å². The fourth-order valence-electron chi connectivity index (χ4n) is 2.21. The summed E-state index contributed by atoms with van der Waals surface area (Å²) in [5.74, 6) is 0. The SMILES string of the molecule is O=S(c1ccccc1)c1nn2nnnc2c2ccccc12. The molecule has 0 amide bonds. The van der Waals surface area contributed by atoms with Crippen LogP contribution in [-0.2, 0) is 10.8 Å². The number of benzene rings is 2. The summed E-state index contributed by atoms with van der Waals surface area (Å²) in [6, 6.07) is 16.8. The standard InChI is InChI=1S/C14H9N5OS/c20-21(10-6-2-1-3-7-10)14-12-9-5-4-8-11(12)13-15-17-18-19(13)16-14/h1-9H. The van der Waals surface area contributed by atoms with E-state index in [-0.39, 0.29) is 0 Å². The lowest BCUT2D eigenvalue weighted by molar-refractivity contribution is 0.667. The molecule has 0 aliphatic rings. The summed E-state index contributed by atoms with van der Waals surface area (Å²) in [5, 5.41) is 17.8. The van der Waals surface area contributed by atoms with E-state index < -0.39 is 10.8 Å². The summed E-state index contributed by atoms with van der Waals surface area (Å²) < 4.78 is 14.1. The van der Waals surface area contributed by atoms with Crippen LogP contribution in [0.1, 0.15) is 0 Å². The fraction of sp³-hybridized carbons (Fsp3) is 0. The number of hydrogen-bond donors (Lipinski definition) is 0. The molecule has 2 aromatic carbocycles. The topological polar surface area (TPSA) is 73.0 Å². The minimum Gasteiger partial charge on any atom is -0.247 e. The first kappa shape index (κ1) is 12.1. The first-order valence-corrected chi connectivity index (χ1v) is 7.43. The second-order valence-corrected chi connectivity index (χ2v) is 5.82. The highest BCUT2D eigenvalue weighted by Crippen LogP contribution is 2.25. The Bertz CT molecular complexity index is 967. The van der Waals surface area contributed by atoms with E-state index in [2.05, 4.69) is 20.6 Å². The molecule has 2 aromatic heterocycles. The van der Waals surface area contributed by atoms with Crippen molar-refractivity contribution < 1.29 is 4.21 Å². The Morgan fingerprint density at radius 3 is 2.43 bits per heavy atom. The molecular weight excluding hydrogens is 286 g/mol. The van der Waals surface area contributed by atoms with Crippen LogP contribution in [0.15, 0.2) is 64.5 Å². The summed E-state index contributed by atoms with van der Waals surface area (Å²) in [5.41, 5.74) is 0.555. The Balaban J connectivity index is 2.05. The molecule has 0 bridgehead atoms. The van der Waals surface area contributed by atoms with Gasteiger partial charge in [0.1, 0.15) is 10.8 Å². The fourth-order valence-corrected chi connectivity index (χ4v) is 3.37. The van der Waals surface area contributed by atoms with E-state index in [4.69, 9.17) is 0 Å². The molecule has 102 valence electrons. The van der Waals surface area contributed by atoms with Gasteiger partial charge < -0.3 is 0 Å². The van der Waals surface area contributed by atoms with E-state index in [1.54, 1.807) is 0 Å². The Kier molecular flexibility index (Phi) is 2.71. The lowest BCUT2D eigenvalue weighted by atomic mass is 10.2. The van der Waals surface area contributed by atoms with Gasteiger partial charge in [0, 0.05) is 15.7 Å². The molecule has 1 unspecified atom stereocenters. The first-order valence-electron chi connectivity index (χ1n) is 6.28. The maximum Gasteiger partial charge on any atom is 0.207 e. The molecule has 4 rings (SSSR count). The molecular formula is C14H9N5OS. The maximum absolute atomic E-state index is 12.8. The second-order valence-electron chi connectivity index (χ2n) is 4.42. The van der Waals surface area contributed by atoms with Crippen molar-refractivity contribution in [1.82, 2.24) is 25.3 Å². The molecule has 4 aromatic rings. The number of rotatable bonds is 2. The number of tetrazole rings is 1. The summed E-state index contributed by atoms with van der Waals surface area (Å²) in [7, 11) is -1.39. The maximum atomic E-state index is 12.8. The van der Waals surface area contributed by atoms with Gasteiger partial charge in [-0.2, -0.15) is 0 Å². The lowest BCUT2D eigenvalue weighted by Crippen LogP contribution is -2.04. The highest BCUT2D eigenvalue weighted by Gasteiger charge is 2.16. The first-order chi connectivity index (χ1) is 10.3. The zero-order valence-corrected chi connectivity index (χ0v) is 11.6. The molecule has 2 heterocycles. The highest BCUT2D eigenvalue weighted by atomic mass is 32.2. The van der Waals surface area contributed by atoms with Gasteiger partial charge in [-0.25, -0.2) is 4.21 Å². The van der Waals surface area contributed by atoms with Crippen LogP contribution in [0.2, 0.25) is 0 Å². The predicted octanol–water partition coefficient (Wildman–Crippen LogP) is 1.84. The highest BCUT2D eigenvalue weighted by molar-refractivity contribution is 7.85. The third kappa shape index (κ3) is 1.90. The minimum absolute atomic E-state index is 0.455. The number of aromatic nitrogens is 5. The van der Waals surface area contributed by atoms with Crippen LogP contribution in [0, 0.1) is 0 Å². The van der Waals surface area contributed by atoms with Crippen molar-refractivity contribution in [2.75, 3.05) is 0 Å². The molecule has 0 radical (unpaired) electrons. The van der Waals surface area contributed by atoms with Crippen LogP contribution in [0.4, 0.5) is 0 Å². The van der Waals surface area contributed by atoms with Crippen molar-refractivity contribution in [1.29, 1.82) is 0 Å². The van der Waals surface area contributed by atoms with E-state index >= 15 is 0 Å².